The molecule has 0 aliphatic carbocycles. The van der Waals surface area contributed by atoms with Gasteiger partial charge in [-0.15, -0.1) is 0 Å². The quantitative estimate of drug-likeness (QED) is 0.737. The average Bonchev–Trinajstić information content (AvgIpc) is 3.09. The SMILES string of the molecule is CC(C)C(Nc1nccc(C(F)(F)F)n1)c1nc(-c2ccncc2)no1. The maximum absolute atomic E-state index is 12.8. The minimum atomic E-state index is -4.55. The fraction of sp³-hybridized carbons (Fsp3) is 0.312. The summed E-state index contributed by atoms with van der Waals surface area (Å²) in [6, 6.07) is 3.70. The van der Waals surface area contributed by atoms with Gasteiger partial charge in [0.05, 0.1) is 0 Å². The van der Waals surface area contributed by atoms with Gasteiger partial charge in [-0.1, -0.05) is 19.0 Å². The minimum Gasteiger partial charge on any atom is -0.342 e. The van der Waals surface area contributed by atoms with Crippen molar-refractivity contribution in [1.29, 1.82) is 0 Å². The summed E-state index contributed by atoms with van der Waals surface area (Å²) in [4.78, 5) is 15.6. The summed E-state index contributed by atoms with van der Waals surface area (Å²) in [5.74, 6) is 0.355. The third-order valence-corrected chi connectivity index (χ3v) is 3.54. The lowest BCUT2D eigenvalue weighted by Crippen LogP contribution is -2.20. The fourth-order valence-electron chi connectivity index (χ4n) is 2.22. The van der Waals surface area contributed by atoms with Gasteiger partial charge in [-0.2, -0.15) is 18.2 Å². The highest BCUT2D eigenvalue weighted by atomic mass is 19.4. The molecule has 0 bridgehead atoms. The number of pyridine rings is 1. The summed E-state index contributed by atoms with van der Waals surface area (Å²) in [6.07, 6.45) is -0.308. The Labute approximate surface area is 146 Å². The lowest BCUT2D eigenvalue weighted by Gasteiger charge is -2.18. The number of rotatable bonds is 5. The lowest BCUT2D eigenvalue weighted by atomic mass is 10.0. The summed E-state index contributed by atoms with van der Waals surface area (Å²) in [5.41, 5.74) is -0.312. The first-order valence-electron chi connectivity index (χ1n) is 7.75. The van der Waals surface area contributed by atoms with E-state index in [9.17, 15) is 13.2 Å². The molecule has 0 aromatic carbocycles. The predicted octanol–water partition coefficient (Wildman–Crippen LogP) is 3.75. The van der Waals surface area contributed by atoms with E-state index in [0.29, 0.717) is 11.4 Å². The van der Waals surface area contributed by atoms with E-state index >= 15 is 0 Å². The second-order valence-corrected chi connectivity index (χ2v) is 5.82. The highest BCUT2D eigenvalue weighted by Crippen LogP contribution is 2.29. The van der Waals surface area contributed by atoms with Crippen LogP contribution >= 0.6 is 0 Å². The number of nitrogens with one attached hydrogen (secondary N) is 1. The zero-order valence-electron chi connectivity index (χ0n) is 13.9. The molecule has 0 spiro atoms. The summed E-state index contributed by atoms with van der Waals surface area (Å²) in [6.45, 7) is 3.73. The highest BCUT2D eigenvalue weighted by molar-refractivity contribution is 5.52. The van der Waals surface area contributed by atoms with Crippen molar-refractivity contribution in [2.75, 3.05) is 5.32 Å². The van der Waals surface area contributed by atoms with E-state index in [-0.39, 0.29) is 17.8 Å². The van der Waals surface area contributed by atoms with Crippen LogP contribution < -0.4 is 5.32 Å². The number of aromatic nitrogens is 5. The Balaban J connectivity index is 1.86. The smallest absolute Gasteiger partial charge is 0.342 e. The van der Waals surface area contributed by atoms with Crippen molar-refractivity contribution in [3.8, 4) is 11.4 Å². The van der Waals surface area contributed by atoms with Crippen LogP contribution in [0.1, 0.15) is 31.5 Å². The van der Waals surface area contributed by atoms with E-state index in [1.807, 2.05) is 13.8 Å². The molecule has 3 aromatic heterocycles. The summed E-state index contributed by atoms with van der Waals surface area (Å²) in [5, 5.41) is 6.75. The Morgan fingerprint density at radius 2 is 1.77 bits per heavy atom. The van der Waals surface area contributed by atoms with Crippen molar-refractivity contribution in [2.24, 2.45) is 5.92 Å². The van der Waals surface area contributed by atoms with Gasteiger partial charge >= 0.3 is 6.18 Å². The predicted molar refractivity (Wildman–Crippen MR) is 85.8 cm³/mol. The van der Waals surface area contributed by atoms with Crippen molar-refractivity contribution in [3.63, 3.8) is 0 Å². The van der Waals surface area contributed by atoms with E-state index in [2.05, 4.69) is 30.4 Å². The number of nitrogens with zero attached hydrogens (tertiary/aromatic N) is 5. The fourth-order valence-corrected chi connectivity index (χ4v) is 2.22. The summed E-state index contributed by atoms with van der Waals surface area (Å²) >= 11 is 0. The van der Waals surface area contributed by atoms with Crippen molar-refractivity contribution < 1.29 is 17.7 Å². The number of halogens is 3. The molecule has 0 amide bonds. The zero-order chi connectivity index (χ0) is 18.7. The van der Waals surface area contributed by atoms with Crippen LogP contribution in [0.3, 0.4) is 0 Å². The van der Waals surface area contributed by atoms with Gasteiger partial charge in [0.15, 0.2) is 0 Å². The Morgan fingerprint density at radius 1 is 1.04 bits per heavy atom. The molecular formula is C16H15F3N6O. The number of hydrogen-bond acceptors (Lipinski definition) is 7. The van der Waals surface area contributed by atoms with Gasteiger partial charge in [0.2, 0.25) is 17.7 Å². The van der Waals surface area contributed by atoms with Crippen LogP contribution in [0.15, 0.2) is 41.3 Å². The molecule has 7 nitrogen and oxygen atoms in total. The van der Waals surface area contributed by atoms with Gasteiger partial charge in [0, 0.05) is 24.2 Å². The van der Waals surface area contributed by atoms with Crippen molar-refractivity contribution in [1.82, 2.24) is 25.1 Å². The molecule has 0 fully saturated rings. The van der Waals surface area contributed by atoms with Crippen molar-refractivity contribution >= 4 is 5.95 Å². The first-order chi connectivity index (χ1) is 12.3. The van der Waals surface area contributed by atoms with Crippen LogP contribution in [0.2, 0.25) is 0 Å². The standard InChI is InChI=1S/C16H15F3N6O/c1-9(2)12(23-15-21-8-5-11(22-15)16(17,18)19)14-24-13(25-26-14)10-3-6-20-7-4-10/h3-9,12H,1-2H3,(H,21,22,23). The first kappa shape index (κ1) is 17.8. The molecule has 0 radical (unpaired) electrons. The monoisotopic (exact) mass is 364 g/mol. The molecule has 1 N–H and O–H groups in total. The maximum atomic E-state index is 12.8. The van der Waals surface area contributed by atoms with Gasteiger partial charge in [-0.25, -0.2) is 9.97 Å². The molecule has 3 aromatic rings. The van der Waals surface area contributed by atoms with Gasteiger partial charge in [-0.3, -0.25) is 4.98 Å². The average molecular weight is 364 g/mol. The topological polar surface area (TPSA) is 89.6 Å². The highest BCUT2D eigenvalue weighted by Gasteiger charge is 2.33. The molecule has 1 unspecified atom stereocenters. The van der Waals surface area contributed by atoms with Gasteiger partial charge in [0.1, 0.15) is 11.7 Å². The molecule has 0 saturated carbocycles. The third kappa shape index (κ3) is 3.95. The molecule has 0 saturated heterocycles. The maximum Gasteiger partial charge on any atom is 0.433 e. The number of alkyl halides is 3. The largest absolute Gasteiger partial charge is 0.433 e. The molecular weight excluding hydrogens is 349 g/mol. The molecule has 0 aliphatic rings. The summed E-state index contributed by atoms with van der Waals surface area (Å²) < 4.78 is 43.7. The zero-order valence-corrected chi connectivity index (χ0v) is 13.9. The third-order valence-electron chi connectivity index (χ3n) is 3.54. The summed E-state index contributed by atoms with van der Waals surface area (Å²) in [7, 11) is 0. The molecule has 3 heterocycles. The van der Waals surface area contributed by atoms with Crippen LogP contribution in [-0.2, 0) is 6.18 Å². The van der Waals surface area contributed by atoms with E-state index in [4.69, 9.17) is 4.52 Å². The normalized spacial score (nSPS) is 13.0. The van der Waals surface area contributed by atoms with Crippen molar-refractivity contribution in [2.45, 2.75) is 26.1 Å². The first-order valence-corrected chi connectivity index (χ1v) is 7.75. The van der Waals surface area contributed by atoms with E-state index in [1.54, 1.807) is 24.5 Å². The van der Waals surface area contributed by atoms with Gasteiger partial charge < -0.3 is 9.84 Å². The van der Waals surface area contributed by atoms with Crippen molar-refractivity contribution in [3.05, 3.63) is 48.4 Å². The Morgan fingerprint density at radius 3 is 2.42 bits per heavy atom. The van der Waals surface area contributed by atoms with E-state index in [1.165, 1.54) is 0 Å². The van der Waals surface area contributed by atoms with Crippen LogP contribution in [0, 0.1) is 5.92 Å². The Kier molecular flexibility index (Phi) is 4.83. The molecule has 1 atom stereocenters. The van der Waals surface area contributed by atoms with Crippen LogP contribution in [0.25, 0.3) is 11.4 Å². The molecule has 3 rings (SSSR count). The molecule has 136 valence electrons. The van der Waals surface area contributed by atoms with E-state index < -0.39 is 17.9 Å². The second-order valence-electron chi connectivity index (χ2n) is 5.82. The van der Waals surface area contributed by atoms with Crippen LogP contribution in [0.4, 0.5) is 19.1 Å². The Hall–Kier alpha value is -3.04. The molecule has 26 heavy (non-hydrogen) atoms. The minimum absolute atomic E-state index is 0.0705. The van der Waals surface area contributed by atoms with Gasteiger partial charge in [0.25, 0.3) is 0 Å². The Bertz CT molecular complexity index is 866. The van der Waals surface area contributed by atoms with E-state index in [0.717, 1.165) is 12.3 Å². The lowest BCUT2D eigenvalue weighted by molar-refractivity contribution is -0.141. The van der Waals surface area contributed by atoms with Crippen LogP contribution in [-0.4, -0.2) is 25.1 Å². The molecule has 0 aliphatic heterocycles. The molecule has 10 heteroatoms. The second kappa shape index (κ2) is 7.06. The number of anilines is 1. The van der Waals surface area contributed by atoms with Gasteiger partial charge in [-0.05, 0) is 24.1 Å². The van der Waals surface area contributed by atoms with Crippen LogP contribution in [0.5, 0.6) is 0 Å². The number of hydrogen-bond donors (Lipinski definition) is 1.